The third-order valence-corrected chi connectivity index (χ3v) is 3.30. The van der Waals surface area contributed by atoms with Gasteiger partial charge >= 0.3 is 0 Å². The van der Waals surface area contributed by atoms with Crippen LogP contribution in [0.15, 0.2) is 54.6 Å². The fourth-order valence-corrected chi connectivity index (χ4v) is 1.97. The van der Waals surface area contributed by atoms with Crippen molar-refractivity contribution in [1.29, 1.82) is 0 Å². The van der Waals surface area contributed by atoms with E-state index >= 15 is 0 Å². The molecule has 0 saturated heterocycles. The first-order chi connectivity index (χ1) is 9.16. The summed E-state index contributed by atoms with van der Waals surface area (Å²) in [5.41, 5.74) is 1.85. The van der Waals surface area contributed by atoms with E-state index in [1.54, 1.807) is 24.3 Å². The second-order valence-electron chi connectivity index (χ2n) is 4.53. The van der Waals surface area contributed by atoms with Crippen LogP contribution in [0.4, 0.5) is 0 Å². The lowest BCUT2D eigenvalue weighted by Gasteiger charge is -2.13. The fraction of sp³-hybridized carbons (Fsp3) is 0.188. The van der Waals surface area contributed by atoms with Crippen molar-refractivity contribution >= 4 is 17.5 Å². The van der Waals surface area contributed by atoms with Gasteiger partial charge in [-0.3, -0.25) is 4.79 Å². The topological polar surface area (TPSA) is 29.1 Å². The highest BCUT2D eigenvalue weighted by atomic mass is 35.5. The minimum atomic E-state index is -0.0700. The van der Waals surface area contributed by atoms with Crippen molar-refractivity contribution in [2.75, 3.05) is 6.54 Å². The van der Waals surface area contributed by atoms with Gasteiger partial charge < -0.3 is 5.32 Å². The zero-order valence-corrected chi connectivity index (χ0v) is 11.5. The predicted octanol–water partition coefficient (Wildman–Crippen LogP) is 3.87. The SMILES string of the molecule is C[C@H](CNC(=O)c1ccc(Cl)cc1)c1ccccc1. The van der Waals surface area contributed by atoms with E-state index in [0.717, 1.165) is 0 Å². The Morgan fingerprint density at radius 1 is 1.11 bits per heavy atom. The van der Waals surface area contributed by atoms with Crippen LogP contribution in [0.2, 0.25) is 5.02 Å². The number of hydrogen-bond acceptors (Lipinski definition) is 1. The summed E-state index contributed by atoms with van der Waals surface area (Å²) in [4.78, 5) is 11.9. The summed E-state index contributed by atoms with van der Waals surface area (Å²) >= 11 is 5.79. The van der Waals surface area contributed by atoms with Gasteiger partial charge in [0.25, 0.3) is 5.91 Å². The molecule has 2 aromatic carbocycles. The zero-order valence-electron chi connectivity index (χ0n) is 10.8. The van der Waals surface area contributed by atoms with Gasteiger partial charge in [0.15, 0.2) is 0 Å². The molecule has 0 aromatic heterocycles. The minimum absolute atomic E-state index is 0.0700. The summed E-state index contributed by atoms with van der Waals surface area (Å²) in [5, 5.41) is 3.57. The van der Waals surface area contributed by atoms with E-state index in [-0.39, 0.29) is 11.8 Å². The molecule has 0 aliphatic rings. The molecule has 0 aliphatic heterocycles. The molecule has 2 nitrogen and oxygen atoms in total. The van der Waals surface area contributed by atoms with Crippen molar-refractivity contribution in [3.63, 3.8) is 0 Å². The molecule has 3 heteroatoms. The number of rotatable bonds is 4. The van der Waals surface area contributed by atoms with Gasteiger partial charge in [0, 0.05) is 17.1 Å². The number of benzene rings is 2. The Bertz CT molecular complexity index is 536. The molecule has 1 amide bonds. The summed E-state index contributed by atoms with van der Waals surface area (Å²) in [6.07, 6.45) is 0. The molecule has 0 saturated carbocycles. The van der Waals surface area contributed by atoms with Crippen molar-refractivity contribution in [3.8, 4) is 0 Å². The first kappa shape index (κ1) is 13.6. The Balaban J connectivity index is 1.92. The van der Waals surface area contributed by atoms with E-state index in [1.165, 1.54) is 5.56 Å². The minimum Gasteiger partial charge on any atom is -0.351 e. The maximum atomic E-state index is 11.9. The average Bonchev–Trinajstić information content (AvgIpc) is 2.46. The van der Waals surface area contributed by atoms with Crippen molar-refractivity contribution in [2.24, 2.45) is 0 Å². The Hall–Kier alpha value is -1.80. The maximum absolute atomic E-state index is 11.9. The smallest absolute Gasteiger partial charge is 0.251 e. The van der Waals surface area contributed by atoms with E-state index in [0.29, 0.717) is 17.1 Å². The molecule has 2 rings (SSSR count). The average molecular weight is 274 g/mol. The highest BCUT2D eigenvalue weighted by molar-refractivity contribution is 6.30. The molecule has 0 fully saturated rings. The van der Waals surface area contributed by atoms with Gasteiger partial charge in [0.05, 0.1) is 0 Å². The molecule has 0 unspecified atom stereocenters. The lowest BCUT2D eigenvalue weighted by molar-refractivity contribution is 0.0951. The fourth-order valence-electron chi connectivity index (χ4n) is 1.85. The van der Waals surface area contributed by atoms with E-state index in [2.05, 4.69) is 24.4 Å². The van der Waals surface area contributed by atoms with Crippen molar-refractivity contribution in [2.45, 2.75) is 12.8 Å². The van der Waals surface area contributed by atoms with Crippen molar-refractivity contribution < 1.29 is 4.79 Å². The zero-order chi connectivity index (χ0) is 13.7. The van der Waals surface area contributed by atoms with E-state index in [9.17, 15) is 4.79 Å². The molecule has 2 aromatic rings. The number of halogens is 1. The number of carbonyl (C=O) groups excluding carboxylic acids is 1. The molecule has 19 heavy (non-hydrogen) atoms. The van der Waals surface area contributed by atoms with Crippen LogP contribution in [0.3, 0.4) is 0 Å². The molecule has 1 atom stereocenters. The van der Waals surface area contributed by atoms with Crippen LogP contribution in [-0.2, 0) is 0 Å². The van der Waals surface area contributed by atoms with Crippen molar-refractivity contribution in [3.05, 3.63) is 70.7 Å². The lowest BCUT2D eigenvalue weighted by Crippen LogP contribution is -2.27. The Labute approximate surface area is 118 Å². The van der Waals surface area contributed by atoms with Crippen LogP contribution in [0, 0.1) is 0 Å². The summed E-state index contributed by atoms with van der Waals surface area (Å²) in [5.74, 6) is 0.219. The van der Waals surface area contributed by atoms with E-state index < -0.39 is 0 Å². The highest BCUT2D eigenvalue weighted by Gasteiger charge is 2.09. The highest BCUT2D eigenvalue weighted by Crippen LogP contribution is 2.14. The number of nitrogens with one attached hydrogen (secondary N) is 1. The van der Waals surface area contributed by atoms with E-state index in [1.807, 2.05) is 18.2 Å². The molecule has 0 heterocycles. The molecule has 0 aliphatic carbocycles. The number of hydrogen-bond donors (Lipinski definition) is 1. The maximum Gasteiger partial charge on any atom is 0.251 e. The van der Waals surface area contributed by atoms with Gasteiger partial charge in [-0.2, -0.15) is 0 Å². The Kier molecular flexibility index (Phi) is 4.58. The van der Waals surface area contributed by atoms with Gasteiger partial charge in [-0.1, -0.05) is 48.9 Å². The molecule has 0 bridgehead atoms. The standard InChI is InChI=1S/C16H16ClNO/c1-12(13-5-3-2-4-6-13)11-18-16(19)14-7-9-15(17)10-8-14/h2-10,12H,11H2,1H3,(H,18,19)/t12-/m1/s1. The van der Waals surface area contributed by atoms with Crippen LogP contribution >= 0.6 is 11.6 Å². The summed E-state index contributed by atoms with van der Waals surface area (Å²) in [6, 6.07) is 17.0. The second kappa shape index (κ2) is 6.39. The summed E-state index contributed by atoms with van der Waals surface area (Å²) in [7, 11) is 0. The summed E-state index contributed by atoms with van der Waals surface area (Å²) < 4.78 is 0. The molecular formula is C16H16ClNO. The van der Waals surface area contributed by atoms with Gasteiger partial charge in [-0.05, 0) is 35.7 Å². The third kappa shape index (κ3) is 3.83. The number of amides is 1. The van der Waals surface area contributed by atoms with Crippen molar-refractivity contribution in [1.82, 2.24) is 5.32 Å². The van der Waals surface area contributed by atoms with Crippen LogP contribution in [-0.4, -0.2) is 12.5 Å². The Morgan fingerprint density at radius 3 is 2.37 bits per heavy atom. The third-order valence-electron chi connectivity index (χ3n) is 3.04. The van der Waals surface area contributed by atoms with E-state index in [4.69, 9.17) is 11.6 Å². The van der Waals surface area contributed by atoms with Crippen LogP contribution in [0.1, 0.15) is 28.8 Å². The first-order valence-electron chi connectivity index (χ1n) is 6.25. The molecule has 98 valence electrons. The largest absolute Gasteiger partial charge is 0.351 e. The second-order valence-corrected chi connectivity index (χ2v) is 4.97. The van der Waals surface area contributed by atoms with Crippen LogP contribution in [0.25, 0.3) is 0 Å². The van der Waals surface area contributed by atoms with Gasteiger partial charge in [-0.15, -0.1) is 0 Å². The Morgan fingerprint density at radius 2 is 1.74 bits per heavy atom. The summed E-state index contributed by atoms with van der Waals surface area (Å²) in [6.45, 7) is 2.71. The van der Waals surface area contributed by atoms with Gasteiger partial charge in [0.1, 0.15) is 0 Å². The normalized spacial score (nSPS) is 11.9. The lowest BCUT2D eigenvalue weighted by atomic mass is 10.0. The van der Waals surface area contributed by atoms with Gasteiger partial charge in [0.2, 0.25) is 0 Å². The molecule has 0 radical (unpaired) electrons. The molecular weight excluding hydrogens is 258 g/mol. The van der Waals surface area contributed by atoms with Gasteiger partial charge in [-0.25, -0.2) is 0 Å². The quantitative estimate of drug-likeness (QED) is 0.900. The molecule has 1 N–H and O–H groups in total. The number of carbonyl (C=O) groups is 1. The monoisotopic (exact) mass is 273 g/mol. The first-order valence-corrected chi connectivity index (χ1v) is 6.63. The molecule has 0 spiro atoms. The predicted molar refractivity (Wildman–Crippen MR) is 78.6 cm³/mol. The van der Waals surface area contributed by atoms with Crippen LogP contribution < -0.4 is 5.32 Å². The van der Waals surface area contributed by atoms with Crippen LogP contribution in [0.5, 0.6) is 0 Å².